The van der Waals surface area contributed by atoms with Gasteiger partial charge in [0.2, 0.25) is 0 Å². The van der Waals surface area contributed by atoms with E-state index in [1.54, 1.807) is 19.3 Å². The SMILES string of the molecule is CC1=C(C(=O)O)C(c2ccccc2OCC=Cc2ccccc2)C(c2cccnc2)=C(C)N1. The Morgan fingerprint density at radius 3 is 2.52 bits per heavy atom. The van der Waals surface area contributed by atoms with Crippen LogP contribution in [0.5, 0.6) is 5.75 Å². The molecule has 4 rings (SSSR count). The predicted molar refractivity (Wildman–Crippen MR) is 130 cm³/mol. The molecule has 1 aliphatic rings. The minimum absolute atomic E-state index is 0.301. The van der Waals surface area contributed by atoms with Crippen molar-refractivity contribution in [2.75, 3.05) is 6.61 Å². The molecule has 2 heterocycles. The number of pyridine rings is 1. The molecule has 33 heavy (non-hydrogen) atoms. The van der Waals surface area contributed by atoms with E-state index in [1.165, 1.54) is 0 Å². The molecule has 2 aromatic carbocycles. The summed E-state index contributed by atoms with van der Waals surface area (Å²) in [5.41, 5.74) is 5.47. The number of dihydropyridines is 1. The van der Waals surface area contributed by atoms with Gasteiger partial charge in [0.15, 0.2) is 0 Å². The van der Waals surface area contributed by atoms with Gasteiger partial charge in [-0.15, -0.1) is 0 Å². The van der Waals surface area contributed by atoms with Crippen LogP contribution in [0.2, 0.25) is 0 Å². The van der Waals surface area contributed by atoms with E-state index in [2.05, 4.69) is 10.3 Å². The number of carboxylic acid groups (broad SMARTS) is 1. The molecule has 1 atom stereocenters. The van der Waals surface area contributed by atoms with Crippen LogP contribution in [0.15, 0.2) is 102 Å². The second kappa shape index (κ2) is 10.0. The number of nitrogens with zero attached hydrogens (tertiary/aromatic N) is 1. The molecule has 0 saturated carbocycles. The summed E-state index contributed by atoms with van der Waals surface area (Å²) in [6, 6.07) is 21.5. The maximum Gasteiger partial charge on any atom is 0.334 e. The Morgan fingerprint density at radius 1 is 1.03 bits per heavy atom. The Labute approximate surface area is 193 Å². The third-order valence-electron chi connectivity index (χ3n) is 5.64. The number of ether oxygens (including phenoxy) is 1. The third-order valence-corrected chi connectivity index (χ3v) is 5.64. The van der Waals surface area contributed by atoms with Crippen LogP contribution < -0.4 is 10.1 Å². The van der Waals surface area contributed by atoms with E-state index in [9.17, 15) is 9.90 Å². The average molecular weight is 439 g/mol. The highest BCUT2D eigenvalue weighted by Crippen LogP contribution is 2.45. The van der Waals surface area contributed by atoms with Crippen molar-refractivity contribution in [1.82, 2.24) is 10.3 Å². The van der Waals surface area contributed by atoms with Crippen molar-refractivity contribution < 1.29 is 14.6 Å². The normalized spacial score (nSPS) is 16.1. The van der Waals surface area contributed by atoms with Gasteiger partial charge >= 0.3 is 5.97 Å². The number of carbonyl (C=O) groups is 1. The molecule has 0 bridgehead atoms. The molecule has 1 aromatic heterocycles. The number of aromatic nitrogens is 1. The lowest BCUT2D eigenvalue weighted by molar-refractivity contribution is -0.132. The summed E-state index contributed by atoms with van der Waals surface area (Å²) in [4.78, 5) is 16.6. The van der Waals surface area contributed by atoms with Gasteiger partial charge in [-0.05, 0) is 48.8 Å². The molecule has 166 valence electrons. The minimum atomic E-state index is -0.960. The largest absolute Gasteiger partial charge is 0.489 e. The number of hydrogen-bond acceptors (Lipinski definition) is 4. The highest BCUT2D eigenvalue weighted by atomic mass is 16.5. The molecule has 3 aromatic rings. The lowest BCUT2D eigenvalue weighted by atomic mass is 9.77. The molecule has 0 spiro atoms. The van der Waals surface area contributed by atoms with Crippen LogP contribution in [0.4, 0.5) is 0 Å². The number of hydrogen-bond donors (Lipinski definition) is 2. The van der Waals surface area contributed by atoms with Crippen molar-refractivity contribution in [3.8, 4) is 5.75 Å². The molecule has 1 aliphatic heterocycles. The molecule has 0 aliphatic carbocycles. The van der Waals surface area contributed by atoms with Crippen LogP contribution in [-0.4, -0.2) is 22.7 Å². The highest BCUT2D eigenvalue weighted by Gasteiger charge is 2.35. The first-order chi connectivity index (χ1) is 16.1. The summed E-state index contributed by atoms with van der Waals surface area (Å²) >= 11 is 0. The van der Waals surface area contributed by atoms with E-state index in [-0.39, 0.29) is 0 Å². The first-order valence-corrected chi connectivity index (χ1v) is 10.8. The number of nitrogens with one attached hydrogen (secondary N) is 1. The summed E-state index contributed by atoms with van der Waals surface area (Å²) in [6.07, 6.45) is 7.43. The molecule has 5 nitrogen and oxygen atoms in total. The molecule has 0 saturated heterocycles. The van der Waals surface area contributed by atoms with Crippen molar-refractivity contribution in [2.24, 2.45) is 0 Å². The fraction of sp³-hybridized carbons (Fsp3) is 0.143. The van der Waals surface area contributed by atoms with Gasteiger partial charge in [-0.2, -0.15) is 0 Å². The van der Waals surface area contributed by atoms with Crippen LogP contribution in [0.25, 0.3) is 11.6 Å². The molecule has 0 fully saturated rings. The Morgan fingerprint density at radius 2 is 1.79 bits per heavy atom. The van der Waals surface area contributed by atoms with Crippen LogP contribution >= 0.6 is 0 Å². The molecule has 2 N–H and O–H groups in total. The van der Waals surface area contributed by atoms with Gasteiger partial charge in [0.05, 0.1) is 5.57 Å². The molecule has 0 amide bonds. The highest BCUT2D eigenvalue weighted by molar-refractivity contribution is 5.96. The van der Waals surface area contributed by atoms with E-state index in [0.29, 0.717) is 23.6 Å². The van der Waals surface area contributed by atoms with Crippen molar-refractivity contribution in [3.63, 3.8) is 0 Å². The van der Waals surface area contributed by atoms with Crippen LogP contribution in [0.1, 0.15) is 36.5 Å². The quantitative estimate of drug-likeness (QED) is 0.499. The van der Waals surface area contributed by atoms with E-state index in [4.69, 9.17) is 4.74 Å². The second-order valence-electron chi connectivity index (χ2n) is 7.84. The van der Waals surface area contributed by atoms with Gasteiger partial charge in [-0.1, -0.05) is 60.7 Å². The predicted octanol–water partition coefficient (Wildman–Crippen LogP) is 5.65. The van der Waals surface area contributed by atoms with Gasteiger partial charge in [-0.25, -0.2) is 4.79 Å². The lowest BCUT2D eigenvalue weighted by Crippen LogP contribution is -2.27. The monoisotopic (exact) mass is 438 g/mol. The number of carboxylic acids is 1. The number of aliphatic carboxylic acids is 1. The number of para-hydroxylation sites is 1. The summed E-state index contributed by atoms with van der Waals surface area (Å²) in [5, 5.41) is 13.4. The van der Waals surface area contributed by atoms with E-state index in [1.807, 2.05) is 85.8 Å². The zero-order chi connectivity index (χ0) is 23.2. The Balaban J connectivity index is 1.72. The summed E-state index contributed by atoms with van der Waals surface area (Å²) in [5.74, 6) is -0.803. The lowest BCUT2D eigenvalue weighted by Gasteiger charge is -2.32. The fourth-order valence-corrected chi connectivity index (χ4v) is 4.23. The van der Waals surface area contributed by atoms with Gasteiger partial charge in [0.1, 0.15) is 12.4 Å². The minimum Gasteiger partial charge on any atom is -0.489 e. The van der Waals surface area contributed by atoms with E-state index in [0.717, 1.165) is 28.0 Å². The Hall–Kier alpha value is -4.12. The van der Waals surface area contributed by atoms with Crippen molar-refractivity contribution in [2.45, 2.75) is 19.8 Å². The summed E-state index contributed by atoms with van der Waals surface area (Å²) < 4.78 is 6.13. The molecular weight excluding hydrogens is 412 g/mol. The van der Waals surface area contributed by atoms with Crippen molar-refractivity contribution >= 4 is 17.6 Å². The van der Waals surface area contributed by atoms with Crippen LogP contribution in [0, 0.1) is 0 Å². The average Bonchev–Trinajstić information content (AvgIpc) is 2.82. The Bertz CT molecular complexity index is 1230. The van der Waals surface area contributed by atoms with Gasteiger partial charge in [0.25, 0.3) is 0 Å². The topological polar surface area (TPSA) is 71.5 Å². The number of allylic oxidation sites excluding steroid dienone is 3. The molecular formula is C28H26N2O3. The third kappa shape index (κ3) is 4.88. The summed E-state index contributed by atoms with van der Waals surface area (Å²) in [7, 11) is 0. The first kappa shape index (κ1) is 22.1. The maximum atomic E-state index is 12.4. The first-order valence-electron chi connectivity index (χ1n) is 10.8. The molecule has 0 radical (unpaired) electrons. The van der Waals surface area contributed by atoms with Crippen LogP contribution in [-0.2, 0) is 4.79 Å². The summed E-state index contributed by atoms with van der Waals surface area (Å²) in [6.45, 7) is 4.13. The van der Waals surface area contributed by atoms with E-state index < -0.39 is 11.9 Å². The zero-order valence-electron chi connectivity index (χ0n) is 18.7. The van der Waals surface area contributed by atoms with Crippen molar-refractivity contribution in [1.29, 1.82) is 0 Å². The smallest absolute Gasteiger partial charge is 0.334 e. The van der Waals surface area contributed by atoms with Gasteiger partial charge in [-0.3, -0.25) is 4.98 Å². The van der Waals surface area contributed by atoms with E-state index >= 15 is 0 Å². The number of benzene rings is 2. The van der Waals surface area contributed by atoms with Gasteiger partial charge in [0, 0.05) is 35.3 Å². The number of rotatable bonds is 7. The van der Waals surface area contributed by atoms with Crippen LogP contribution in [0.3, 0.4) is 0 Å². The van der Waals surface area contributed by atoms with Gasteiger partial charge < -0.3 is 15.2 Å². The zero-order valence-corrected chi connectivity index (χ0v) is 18.7. The molecule has 1 unspecified atom stereocenters. The Kier molecular flexibility index (Phi) is 6.69. The second-order valence-corrected chi connectivity index (χ2v) is 7.84. The fourth-order valence-electron chi connectivity index (χ4n) is 4.23. The standard InChI is InChI=1S/C28H26N2O3/c1-19-25(22-13-8-16-29-18-22)27(26(28(31)32)20(2)30-19)23-14-6-7-15-24(23)33-17-9-12-21-10-4-3-5-11-21/h3-16,18,27,30H,17H2,1-2H3,(H,31,32). The van der Waals surface area contributed by atoms with Crippen molar-refractivity contribution in [3.05, 3.63) is 119 Å². The maximum absolute atomic E-state index is 12.4. The molecule has 5 heteroatoms.